The molecule has 0 heterocycles. The van der Waals surface area contributed by atoms with Crippen molar-refractivity contribution >= 4 is 39.5 Å². The second-order valence-corrected chi connectivity index (χ2v) is 26.8. The number of esters is 4. The Morgan fingerprint density at radius 2 is 0.614 bits per heavy atom. The quantitative estimate of drug-likeness (QED) is 0.0222. The van der Waals surface area contributed by atoms with Gasteiger partial charge in [0.15, 0.2) is 12.2 Å². The largest absolute Gasteiger partial charge is 0.472 e. The molecule has 0 saturated heterocycles. The summed E-state index contributed by atoms with van der Waals surface area (Å²) < 4.78 is 67.7. The predicted molar refractivity (Wildman–Crippen MR) is 331 cm³/mol. The Hall–Kier alpha value is -1.94. The lowest BCUT2D eigenvalue weighted by atomic mass is 10.00. The van der Waals surface area contributed by atoms with Crippen molar-refractivity contribution in [3.63, 3.8) is 0 Å². The molecule has 0 fully saturated rings. The van der Waals surface area contributed by atoms with E-state index < -0.39 is 97.5 Å². The van der Waals surface area contributed by atoms with Crippen molar-refractivity contribution in [3.05, 3.63) is 0 Å². The van der Waals surface area contributed by atoms with Gasteiger partial charge in [0, 0.05) is 25.7 Å². The van der Waals surface area contributed by atoms with Crippen LogP contribution in [-0.2, 0) is 65.4 Å². The topological polar surface area (TPSA) is 237 Å². The van der Waals surface area contributed by atoms with Gasteiger partial charge in [0.1, 0.15) is 19.3 Å². The Morgan fingerprint density at radius 3 is 0.916 bits per heavy atom. The molecule has 0 spiro atoms. The number of ether oxygens (including phenoxy) is 4. The molecule has 0 aromatic heterocycles. The molecule has 0 rings (SSSR count). The average molecular weight is 1230 g/mol. The summed E-state index contributed by atoms with van der Waals surface area (Å²) in [6.07, 6.45) is 39.4. The summed E-state index contributed by atoms with van der Waals surface area (Å²) in [5.74, 6) is -0.607. The van der Waals surface area contributed by atoms with Gasteiger partial charge in [-0.25, -0.2) is 9.13 Å². The van der Waals surface area contributed by atoms with E-state index in [0.717, 1.165) is 115 Å². The first-order valence-corrected chi connectivity index (χ1v) is 36.5. The predicted octanol–water partition coefficient (Wildman–Crippen LogP) is 17.7. The van der Waals surface area contributed by atoms with Crippen molar-refractivity contribution in [3.8, 4) is 0 Å². The molecule has 19 heteroatoms. The molecule has 0 aliphatic heterocycles. The van der Waals surface area contributed by atoms with Crippen LogP contribution in [0.5, 0.6) is 0 Å². The first kappa shape index (κ1) is 81.1. The number of aliphatic hydroxyl groups is 1. The van der Waals surface area contributed by atoms with E-state index in [9.17, 15) is 43.2 Å². The van der Waals surface area contributed by atoms with E-state index in [1.165, 1.54) is 122 Å². The number of carbonyl (C=O) groups is 4. The maximum Gasteiger partial charge on any atom is 0.472 e. The molecule has 0 radical (unpaired) electrons. The molecule has 83 heavy (non-hydrogen) atoms. The van der Waals surface area contributed by atoms with Crippen molar-refractivity contribution in [1.82, 2.24) is 0 Å². The number of phosphoric ester groups is 2. The van der Waals surface area contributed by atoms with Crippen molar-refractivity contribution in [2.24, 2.45) is 11.8 Å². The third kappa shape index (κ3) is 57.6. The fourth-order valence-corrected chi connectivity index (χ4v) is 11.1. The summed E-state index contributed by atoms with van der Waals surface area (Å²) in [6.45, 7) is 9.38. The fraction of sp³-hybridized carbons (Fsp3) is 0.938. The lowest BCUT2D eigenvalue weighted by Gasteiger charge is -2.21. The summed E-state index contributed by atoms with van der Waals surface area (Å²) in [4.78, 5) is 71.9. The molecular formula is C64H124O17P2. The monoisotopic (exact) mass is 1230 g/mol. The van der Waals surface area contributed by atoms with E-state index in [1.54, 1.807) is 0 Å². The minimum atomic E-state index is -4.94. The van der Waals surface area contributed by atoms with Crippen LogP contribution in [0.15, 0.2) is 0 Å². The number of aliphatic hydroxyl groups excluding tert-OH is 1. The van der Waals surface area contributed by atoms with E-state index in [2.05, 4.69) is 41.5 Å². The van der Waals surface area contributed by atoms with Crippen LogP contribution >= 0.6 is 15.6 Å². The lowest BCUT2D eigenvalue weighted by Crippen LogP contribution is -2.30. The third-order valence-electron chi connectivity index (χ3n) is 15.1. The highest BCUT2D eigenvalue weighted by molar-refractivity contribution is 7.47. The van der Waals surface area contributed by atoms with Crippen LogP contribution in [0.25, 0.3) is 0 Å². The molecule has 3 N–H and O–H groups in total. The maximum atomic E-state index is 13.0. The zero-order valence-corrected chi connectivity index (χ0v) is 55.3. The molecule has 0 aliphatic carbocycles. The van der Waals surface area contributed by atoms with Gasteiger partial charge >= 0.3 is 39.5 Å². The first-order chi connectivity index (χ1) is 39.9. The molecule has 0 amide bonds. The van der Waals surface area contributed by atoms with E-state index in [0.29, 0.717) is 25.7 Å². The van der Waals surface area contributed by atoms with Crippen LogP contribution in [0.1, 0.15) is 318 Å². The zero-order chi connectivity index (χ0) is 61.5. The molecule has 0 saturated carbocycles. The summed E-state index contributed by atoms with van der Waals surface area (Å²) in [6, 6.07) is 0. The van der Waals surface area contributed by atoms with Gasteiger partial charge < -0.3 is 33.8 Å². The first-order valence-electron chi connectivity index (χ1n) is 33.5. The van der Waals surface area contributed by atoms with E-state index in [4.69, 9.17) is 37.0 Å². The molecule has 6 atom stereocenters. The number of phosphoric acid groups is 2. The highest BCUT2D eigenvalue weighted by atomic mass is 31.2. The Morgan fingerprint density at radius 1 is 0.349 bits per heavy atom. The Labute approximate surface area is 505 Å². The van der Waals surface area contributed by atoms with Crippen LogP contribution in [0, 0.1) is 11.8 Å². The van der Waals surface area contributed by atoms with Gasteiger partial charge in [-0.2, -0.15) is 0 Å². The number of unbranched alkanes of at least 4 members (excludes halogenated alkanes) is 32. The molecule has 0 bridgehead atoms. The van der Waals surface area contributed by atoms with Gasteiger partial charge in [-0.1, -0.05) is 266 Å². The molecule has 0 aromatic carbocycles. The summed E-state index contributed by atoms with van der Waals surface area (Å²) in [7, 11) is -9.87. The molecule has 0 aliphatic rings. The Balaban J connectivity index is 5.11. The summed E-state index contributed by atoms with van der Waals surface area (Å²) in [5.41, 5.74) is 0. The normalized spacial score (nSPS) is 14.6. The number of hydrogen-bond donors (Lipinski definition) is 3. The maximum absolute atomic E-state index is 13.0. The Bertz CT molecular complexity index is 1630. The van der Waals surface area contributed by atoms with Gasteiger partial charge in [-0.3, -0.25) is 37.3 Å². The fourth-order valence-electron chi connectivity index (χ4n) is 9.50. The van der Waals surface area contributed by atoms with Crippen molar-refractivity contribution in [2.45, 2.75) is 336 Å². The lowest BCUT2D eigenvalue weighted by molar-refractivity contribution is -0.161. The van der Waals surface area contributed by atoms with Crippen molar-refractivity contribution in [1.29, 1.82) is 0 Å². The summed E-state index contributed by atoms with van der Waals surface area (Å²) in [5, 5.41) is 10.5. The van der Waals surface area contributed by atoms with Crippen LogP contribution in [0.4, 0.5) is 0 Å². The average Bonchev–Trinajstić information content (AvgIpc) is 3.46. The Kier molecular flexibility index (Phi) is 55.2. The smallest absolute Gasteiger partial charge is 0.462 e. The van der Waals surface area contributed by atoms with Gasteiger partial charge in [-0.05, 0) is 37.5 Å². The van der Waals surface area contributed by atoms with E-state index in [1.807, 2.05) is 0 Å². The van der Waals surface area contributed by atoms with Crippen LogP contribution in [0.2, 0.25) is 0 Å². The van der Waals surface area contributed by atoms with Crippen LogP contribution in [0.3, 0.4) is 0 Å². The van der Waals surface area contributed by atoms with E-state index in [-0.39, 0.29) is 25.7 Å². The third-order valence-corrected chi connectivity index (χ3v) is 17.0. The SMILES string of the molecule is CCCCCCCCCCCC(=O)O[C@H](COC(=O)CCCCCCC)COP(=O)(O)OC[C@H](O)COP(=O)(O)OC[C@@H](COC(=O)CCCCCCCCC(C)CC)OC(=O)CCCCCCCCCCCCCCCCCCC(C)C. The number of rotatable bonds is 63. The minimum absolute atomic E-state index is 0.105. The van der Waals surface area contributed by atoms with Gasteiger partial charge in [0.25, 0.3) is 0 Å². The highest BCUT2D eigenvalue weighted by Crippen LogP contribution is 2.45. The van der Waals surface area contributed by atoms with Crippen LogP contribution < -0.4 is 0 Å². The van der Waals surface area contributed by atoms with Gasteiger partial charge in [0.05, 0.1) is 26.4 Å². The number of hydrogen-bond acceptors (Lipinski definition) is 15. The molecule has 17 nitrogen and oxygen atoms in total. The second kappa shape index (κ2) is 56.6. The molecule has 3 unspecified atom stereocenters. The van der Waals surface area contributed by atoms with Crippen molar-refractivity contribution < 1.29 is 80.2 Å². The standard InChI is InChI=1S/C64H124O17P2/c1-7-10-12-14-15-24-28-36-42-48-63(68)80-59(52-74-61(66)46-40-32-13-11-8-2)54-78-82(70,71)76-50-58(65)51-77-83(72,73)79-55-60(53-75-62(67)47-41-35-31-30-34-39-45-57(6)9-3)81-64(69)49-43-37-29-26-23-21-19-17-16-18-20-22-25-27-33-38-44-56(4)5/h56-60,65H,7-55H2,1-6H3,(H,70,71)(H,72,73)/t57?,58-,59+,60+/m0/s1. The minimum Gasteiger partial charge on any atom is -0.462 e. The van der Waals surface area contributed by atoms with Gasteiger partial charge in [0.2, 0.25) is 0 Å². The molecule has 0 aromatic rings. The molecular weight excluding hydrogens is 1100 g/mol. The molecule has 492 valence electrons. The highest BCUT2D eigenvalue weighted by Gasteiger charge is 2.30. The zero-order valence-electron chi connectivity index (χ0n) is 53.5. The van der Waals surface area contributed by atoms with Crippen molar-refractivity contribution in [2.75, 3.05) is 39.6 Å². The van der Waals surface area contributed by atoms with Gasteiger partial charge in [-0.15, -0.1) is 0 Å². The number of carbonyl (C=O) groups excluding carboxylic acids is 4. The second-order valence-electron chi connectivity index (χ2n) is 23.9. The summed E-state index contributed by atoms with van der Waals surface area (Å²) >= 11 is 0. The van der Waals surface area contributed by atoms with Crippen LogP contribution in [-0.4, -0.2) is 96.7 Å². The van der Waals surface area contributed by atoms with E-state index >= 15 is 0 Å².